The quantitative estimate of drug-likeness (QED) is 0.354. The molecule has 5 rings (SSSR count). The summed E-state index contributed by atoms with van der Waals surface area (Å²) >= 11 is -3.14. The third-order valence-electron chi connectivity index (χ3n) is 7.61. The molecule has 0 saturated heterocycles. The molecule has 0 aromatic heterocycles. The van der Waals surface area contributed by atoms with Gasteiger partial charge in [-0.05, 0) is 0 Å². The Morgan fingerprint density at radius 3 is 1.90 bits per heavy atom. The van der Waals surface area contributed by atoms with Crippen molar-refractivity contribution in [2.75, 3.05) is 0 Å². The van der Waals surface area contributed by atoms with E-state index in [1.54, 1.807) is 8.83 Å². The van der Waals surface area contributed by atoms with Gasteiger partial charge < -0.3 is 2.85 Å². The Kier molecular flexibility index (Phi) is 4.53. The van der Waals surface area contributed by atoms with Gasteiger partial charge in [-0.1, -0.05) is 0 Å². The summed E-state index contributed by atoms with van der Waals surface area (Å²) in [5, 5.41) is 0. The zero-order chi connectivity index (χ0) is 20.3. The minimum Gasteiger partial charge on any atom is -1.00 e. The molecule has 0 heterocycles. The van der Waals surface area contributed by atoms with Crippen LogP contribution in [0.1, 0.15) is 27.8 Å². The average molecular weight is 475 g/mol. The third kappa shape index (κ3) is 2.52. The second kappa shape index (κ2) is 6.76. The molecule has 0 atom stereocenters. The van der Waals surface area contributed by atoms with Crippen LogP contribution in [0.2, 0.25) is 19.3 Å². The van der Waals surface area contributed by atoms with E-state index in [-0.39, 0.29) is 9.10 Å². The Hall–Kier alpha value is -1.50. The molecule has 0 N–H and O–H groups in total. The van der Waals surface area contributed by atoms with E-state index in [2.05, 4.69) is 118 Å². The van der Waals surface area contributed by atoms with Crippen LogP contribution in [-0.4, -0.2) is 5.43 Å². The van der Waals surface area contributed by atoms with Gasteiger partial charge in [-0.25, -0.2) is 0 Å². The molecule has 0 saturated carbocycles. The molecule has 3 aliphatic rings. The van der Waals surface area contributed by atoms with Crippen LogP contribution in [0, 0.1) is 0 Å². The van der Waals surface area contributed by atoms with Crippen molar-refractivity contribution in [3.63, 3.8) is 0 Å². The fraction of sp³-hybridized carbons (Fsp3) is 0.259. The monoisotopic (exact) mass is 473 g/mol. The maximum atomic E-state index is 2.61. The summed E-state index contributed by atoms with van der Waals surface area (Å²) < 4.78 is 2.16. The van der Waals surface area contributed by atoms with Crippen LogP contribution in [-0.2, 0) is 25.3 Å². The van der Waals surface area contributed by atoms with E-state index >= 15 is 0 Å². The molecule has 2 aromatic rings. The summed E-state index contributed by atoms with van der Waals surface area (Å²) in [6, 6.07) is 16.3. The van der Waals surface area contributed by atoms with Crippen LogP contribution < -0.4 is 3.27 Å². The Morgan fingerprint density at radius 1 is 0.759 bits per heavy atom. The van der Waals surface area contributed by atoms with Gasteiger partial charge in [0.1, 0.15) is 0 Å². The fourth-order valence-electron chi connectivity index (χ4n) is 6.65. The minimum absolute atomic E-state index is 0. The van der Waals surface area contributed by atoms with E-state index in [9.17, 15) is 0 Å². The maximum absolute atomic E-state index is 3.14. The Labute approximate surface area is 182 Å². The van der Waals surface area contributed by atoms with E-state index in [0.717, 1.165) is 6.42 Å². The summed E-state index contributed by atoms with van der Waals surface area (Å²) in [7, 11) is 0. The second-order valence-corrected chi connectivity index (χ2v) is 33.5. The first-order valence-electron chi connectivity index (χ1n) is 10.7. The zero-order valence-electron chi connectivity index (χ0n) is 19.9. The number of fused-ring (bicyclic) bond motifs is 3. The van der Waals surface area contributed by atoms with Crippen molar-refractivity contribution in [2.45, 2.75) is 39.6 Å². The van der Waals surface area contributed by atoms with E-state index in [0.29, 0.717) is 0 Å². The molecule has 0 radical (unpaired) electrons. The van der Waals surface area contributed by atoms with Crippen LogP contribution in [0.4, 0.5) is 0 Å². The van der Waals surface area contributed by atoms with E-state index in [1.165, 1.54) is 16.7 Å². The van der Waals surface area contributed by atoms with Gasteiger partial charge >= 0.3 is 181 Å². The Bertz CT molecular complexity index is 1130. The van der Waals surface area contributed by atoms with Crippen LogP contribution in [0.3, 0.4) is 0 Å². The summed E-state index contributed by atoms with van der Waals surface area (Å²) in [5.41, 5.74) is 5.52. The first-order valence-corrected chi connectivity index (χ1v) is 20.6. The van der Waals surface area contributed by atoms with Crippen molar-refractivity contribution in [3.05, 3.63) is 102 Å². The molecule has 0 fully saturated rings. The van der Waals surface area contributed by atoms with Gasteiger partial charge in [-0.15, -0.1) is 0 Å². The number of rotatable bonds is 3. The van der Waals surface area contributed by atoms with Crippen molar-refractivity contribution in [3.8, 4) is 11.1 Å². The largest absolute Gasteiger partial charge is 1.00 e. The molecular weight excluding hydrogens is 444 g/mol. The van der Waals surface area contributed by atoms with E-state index in [4.69, 9.17) is 0 Å². The SMILES string of the molecule is C[Si](C)=[Zr]([c]1cccc2c1Cc1ccccc1-2)([C]1(C)C=CC=C1)[C]1(C)C=CC=C1.[H-].[H-]. The van der Waals surface area contributed by atoms with Gasteiger partial charge in [0, 0.05) is 0 Å². The first kappa shape index (κ1) is 19.5. The van der Waals surface area contributed by atoms with Gasteiger partial charge in [0.25, 0.3) is 0 Å². The average Bonchev–Trinajstić information content (AvgIpc) is 3.42. The second-order valence-electron chi connectivity index (χ2n) is 9.42. The summed E-state index contributed by atoms with van der Waals surface area (Å²) in [4.78, 5) is 0. The molecule has 0 spiro atoms. The fourth-order valence-corrected chi connectivity index (χ4v) is 44.2. The van der Waals surface area contributed by atoms with E-state index < -0.39 is 24.3 Å². The number of hydrogen-bond acceptors (Lipinski definition) is 0. The van der Waals surface area contributed by atoms with E-state index in [1.807, 2.05) is 0 Å². The van der Waals surface area contributed by atoms with Gasteiger partial charge in [0.2, 0.25) is 0 Å². The Morgan fingerprint density at radius 2 is 1.31 bits per heavy atom. The number of hydrogen-bond donors (Lipinski definition) is 0. The number of benzene rings is 2. The van der Waals surface area contributed by atoms with Crippen LogP contribution >= 0.6 is 0 Å². The molecule has 0 amide bonds. The summed E-state index contributed by atoms with van der Waals surface area (Å²) in [6.07, 6.45) is 20.5. The smallest absolute Gasteiger partial charge is 1.00 e. The molecule has 0 nitrogen and oxygen atoms in total. The van der Waals surface area contributed by atoms with Crippen molar-refractivity contribution in [1.29, 1.82) is 0 Å². The van der Waals surface area contributed by atoms with Crippen LogP contribution in [0.25, 0.3) is 11.1 Å². The topological polar surface area (TPSA) is 0 Å². The number of allylic oxidation sites excluding steroid dienone is 8. The molecule has 149 valence electrons. The normalized spacial score (nSPS) is 19.6. The molecule has 2 heteroatoms. The maximum Gasteiger partial charge on any atom is -1.00 e. The molecule has 0 aliphatic heterocycles. The summed E-state index contributed by atoms with van der Waals surface area (Å²) in [6.45, 7) is 10.3. The van der Waals surface area contributed by atoms with Crippen molar-refractivity contribution < 1.29 is 21.7 Å². The van der Waals surface area contributed by atoms with Crippen molar-refractivity contribution in [2.24, 2.45) is 0 Å². The van der Waals surface area contributed by atoms with Gasteiger partial charge in [0.05, 0.1) is 0 Å². The predicted octanol–water partition coefficient (Wildman–Crippen LogP) is 7.12. The predicted molar refractivity (Wildman–Crippen MR) is 127 cm³/mol. The minimum atomic E-state index is -3.14. The van der Waals surface area contributed by atoms with Crippen molar-refractivity contribution >= 4 is 8.70 Å². The third-order valence-corrected chi connectivity index (χ3v) is 40.9. The van der Waals surface area contributed by atoms with Gasteiger partial charge in [-0.3, -0.25) is 0 Å². The molecule has 0 bridgehead atoms. The van der Waals surface area contributed by atoms with Gasteiger partial charge in [0.15, 0.2) is 0 Å². The first-order chi connectivity index (χ1) is 13.9. The van der Waals surface area contributed by atoms with Crippen LogP contribution in [0.5, 0.6) is 0 Å². The molecule has 2 aromatic carbocycles. The molecule has 29 heavy (non-hydrogen) atoms. The molecular formula is C27H31SiZr-2. The Balaban J connectivity index is 0.00000136. The van der Waals surface area contributed by atoms with Crippen LogP contribution in [0.15, 0.2) is 91.1 Å². The molecule has 3 aliphatic carbocycles. The standard InChI is InChI=1S/C13H9.2C6H7.C2H6Si.Zr.2H/c1-3-7-12-10(5-1)9-11-6-2-4-8-13(11)12;2*1-6-4-2-3-5-6;1-3-2;;;/h1-5,7-8H,9H2;2*2-5H,1H3;1-2H3;;;/q;;;;;2*-1. The zero-order valence-corrected chi connectivity index (χ0v) is 21.3. The van der Waals surface area contributed by atoms with Crippen molar-refractivity contribution in [1.82, 2.24) is 0 Å². The van der Waals surface area contributed by atoms with Gasteiger partial charge in [-0.2, -0.15) is 0 Å². The molecule has 0 unspecified atom stereocenters. The summed E-state index contributed by atoms with van der Waals surface area (Å²) in [5.74, 6) is 0.